The van der Waals surface area contributed by atoms with Crippen molar-refractivity contribution in [2.24, 2.45) is 7.05 Å². The molecule has 9 heteroatoms. The Morgan fingerprint density at radius 3 is 2.37 bits per heavy atom. The number of carbonyl (C=O) groups is 1. The number of amides is 2. The van der Waals surface area contributed by atoms with Gasteiger partial charge in [0.1, 0.15) is 0 Å². The summed E-state index contributed by atoms with van der Waals surface area (Å²) in [7, 11) is -0.414. The molecule has 30 heavy (non-hydrogen) atoms. The van der Waals surface area contributed by atoms with Crippen LogP contribution in [0.15, 0.2) is 17.2 Å². The van der Waals surface area contributed by atoms with E-state index in [2.05, 4.69) is 21.2 Å². The molecule has 2 aliphatic carbocycles. The summed E-state index contributed by atoms with van der Waals surface area (Å²) < 4.78 is 29.2. The van der Waals surface area contributed by atoms with E-state index in [1.54, 1.807) is 7.05 Å². The lowest BCUT2D eigenvalue weighted by atomic mass is 9.99. The second-order valence-electron chi connectivity index (χ2n) is 8.22. The first-order valence-electron chi connectivity index (χ1n) is 10.5. The first kappa shape index (κ1) is 20.9. The van der Waals surface area contributed by atoms with E-state index in [-0.39, 0.29) is 5.03 Å². The molecule has 0 bridgehead atoms. The average molecular weight is 432 g/mol. The van der Waals surface area contributed by atoms with Gasteiger partial charge in [0.15, 0.2) is 5.03 Å². The summed E-state index contributed by atoms with van der Waals surface area (Å²) in [6, 6.07) is 3.05. The number of rotatable bonds is 6. The number of hydrogen-bond acceptors (Lipinski definition) is 5. The van der Waals surface area contributed by atoms with Gasteiger partial charge in [-0.1, -0.05) is 13.0 Å². The normalized spacial score (nSPS) is 15.3. The van der Waals surface area contributed by atoms with E-state index in [1.165, 1.54) is 21.9 Å². The van der Waals surface area contributed by atoms with Crippen LogP contribution in [0.25, 0.3) is 0 Å². The van der Waals surface area contributed by atoms with Crippen LogP contribution in [-0.2, 0) is 49.3 Å². The minimum absolute atomic E-state index is 0.150. The molecule has 0 fully saturated rings. The molecule has 0 unspecified atom stereocenters. The summed E-state index contributed by atoms with van der Waals surface area (Å²) in [6.45, 7) is 3.43. The van der Waals surface area contributed by atoms with Crippen molar-refractivity contribution in [3.05, 3.63) is 40.1 Å². The second kappa shape index (κ2) is 8.03. The number of nitrogens with one attached hydrogen (secondary N) is 2. The summed E-state index contributed by atoms with van der Waals surface area (Å²) >= 11 is 0. The van der Waals surface area contributed by atoms with Gasteiger partial charge in [-0.3, -0.25) is 4.68 Å². The molecular weight excluding hydrogens is 402 g/mol. The Bertz CT molecular complexity index is 1060. The maximum absolute atomic E-state index is 12.8. The lowest BCUT2D eigenvalue weighted by Gasteiger charge is -2.16. The Balaban J connectivity index is 1.53. The number of fused-ring (bicyclic) bond motifs is 2. The van der Waals surface area contributed by atoms with Crippen molar-refractivity contribution in [3.8, 4) is 0 Å². The molecule has 0 saturated carbocycles. The van der Waals surface area contributed by atoms with E-state index in [0.717, 1.165) is 67.6 Å². The Kier molecular flexibility index (Phi) is 5.59. The molecule has 1 aromatic carbocycles. The van der Waals surface area contributed by atoms with Crippen molar-refractivity contribution in [3.63, 3.8) is 0 Å². The van der Waals surface area contributed by atoms with Gasteiger partial charge in [0.25, 0.3) is 10.0 Å². The monoisotopic (exact) mass is 431 g/mol. The predicted octanol–water partition coefficient (Wildman–Crippen LogP) is 2.36. The molecule has 2 amide bonds. The van der Waals surface area contributed by atoms with Crippen LogP contribution in [0.1, 0.15) is 47.7 Å². The van der Waals surface area contributed by atoms with Gasteiger partial charge in [-0.25, -0.2) is 9.52 Å². The highest BCUT2D eigenvalue weighted by molar-refractivity contribution is 7.90. The van der Waals surface area contributed by atoms with Crippen molar-refractivity contribution in [1.82, 2.24) is 19.4 Å². The summed E-state index contributed by atoms with van der Waals surface area (Å²) in [4.78, 5) is 14.7. The number of anilines is 1. The minimum Gasteiger partial charge on any atom is -0.307 e. The third-order valence-electron chi connectivity index (χ3n) is 6.14. The zero-order valence-corrected chi connectivity index (χ0v) is 18.6. The third-order valence-corrected chi connectivity index (χ3v) is 7.34. The van der Waals surface area contributed by atoms with Crippen molar-refractivity contribution >= 4 is 21.7 Å². The van der Waals surface area contributed by atoms with Gasteiger partial charge < -0.3 is 10.2 Å². The SMILES string of the molecule is CCN(C)Cc1cc(S(=O)(=O)NC(=O)Nc2c3c(cc4c2CCC4)CCC3)nn1C. The second-order valence-corrected chi connectivity index (χ2v) is 9.85. The molecule has 1 aromatic heterocycles. The number of urea groups is 1. The molecular formula is C21H29N5O3S. The van der Waals surface area contributed by atoms with E-state index >= 15 is 0 Å². The Labute approximate surface area is 177 Å². The molecule has 0 atom stereocenters. The molecule has 0 radical (unpaired) electrons. The molecule has 4 rings (SSSR count). The summed E-state index contributed by atoms with van der Waals surface area (Å²) in [6.07, 6.45) is 5.99. The molecule has 162 valence electrons. The predicted molar refractivity (Wildman–Crippen MR) is 115 cm³/mol. The van der Waals surface area contributed by atoms with E-state index in [0.29, 0.717) is 6.54 Å². The Hall–Kier alpha value is -2.39. The standard InChI is InChI=1S/C21H29N5O3S/c1-4-25(2)13-16-12-19(23-26(16)3)30(28,29)24-21(27)22-20-17-9-5-7-14(17)11-15-8-6-10-18(15)20/h11-12H,4-10,13H2,1-3H3,(H2,22,24,27). The molecule has 2 aliphatic rings. The summed E-state index contributed by atoms with van der Waals surface area (Å²) in [5.74, 6) is 0. The smallest absolute Gasteiger partial charge is 0.307 e. The zero-order chi connectivity index (χ0) is 21.5. The highest BCUT2D eigenvalue weighted by Gasteiger charge is 2.27. The molecule has 1 heterocycles. The molecule has 0 saturated heterocycles. The van der Waals surface area contributed by atoms with E-state index < -0.39 is 16.1 Å². The number of aromatic nitrogens is 2. The molecule has 0 aliphatic heterocycles. The van der Waals surface area contributed by atoms with Gasteiger partial charge in [-0.2, -0.15) is 13.5 Å². The largest absolute Gasteiger partial charge is 0.333 e. The van der Waals surface area contributed by atoms with Crippen molar-refractivity contribution in [2.45, 2.75) is 57.0 Å². The molecule has 0 spiro atoms. The van der Waals surface area contributed by atoms with Crippen LogP contribution >= 0.6 is 0 Å². The number of carbonyl (C=O) groups excluding carboxylic acids is 1. The van der Waals surface area contributed by atoms with Crippen LogP contribution in [-0.4, -0.2) is 42.7 Å². The van der Waals surface area contributed by atoms with Gasteiger partial charge in [-0.05, 0) is 74.4 Å². The van der Waals surface area contributed by atoms with Crippen LogP contribution in [0, 0.1) is 0 Å². The van der Waals surface area contributed by atoms with Crippen LogP contribution in [0.3, 0.4) is 0 Å². The first-order chi connectivity index (χ1) is 14.3. The Morgan fingerprint density at radius 1 is 1.13 bits per heavy atom. The lowest BCUT2D eigenvalue weighted by molar-refractivity contribution is 0.256. The first-order valence-corrected chi connectivity index (χ1v) is 12.0. The lowest BCUT2D eigenvalue weighted by Crippen LogP contribution is -2.35. The van der Waals surface area contributed by atoms with Crippen molar-refractivity contribution in [1.29, 1.82) is 0 Å². The maximum Gasteiger partial charge on any atom is 0.333 e. The highest BCUT2D eigenvalue weighted by Crippen LogP contribution is 2.38. The number of nitrogens with zero attached hydrogens (tertiary/aromatic N) is 3. The van der Waals surface area contributed by atoms with Gasteiger partial charge in [0, 0.05) is 25.3 Å². The van der Waals surface area contributed by atoms with E-state index in [4.69, 9.17) is 0 Å². The van der Waals surface area contributed by atoms with Gasteiger partial charge in [-0.15, -0.1) is 0 Å². The topological polar surface area (TPSA) is 96.3 Å². The average Bonchev–Trinajstić information content (AvgIpc) is 3.41. The van der Waals surface area contributed by atoms with Crippen LogP contribution < -0.4 is 10.0 Å². The van der Waals surface area contributed by atoms with Gasteiger partial charge in [0.2, 0.25) is 0 Å². The highest BCUT2D eigenvalue weighted by atomic mass is 32.2. The van der Waals surface area contributed by atoms with Crippen LogP contribution in [0.5, 0.6) is 0 Å². The molecule has 2 N–H and O–H groups in total. The fraction of sp³-hybridized carbons (Fsp3) is 0.524. The fourth-order valence-electron chi connectivity index (χ4n) is 4.43. The number of hydrogen-bond donors (Lipinski definition) is 2. The van der Waals surface area contributed by atoms with Crippen LogP contribution in [0.2, 0.25) is 0 Å². The molecule has 2 aromatic rings. The van der Waals surface area contributed by atoms with Gasteiger partial charge >= 0.3 is 6.03 Å². The third kappa shape index (κ3) is 3.96. The summed E-state index contributed by atoms with van der Waals surface area (Å²) in [5.41, 5.74) is 6.46. The Morgan fingerprint density at radius 2 is 1.77 bits per heavy atom. The number of aryl methyl sites for hydroxylation is 3. The maximum atomic E-state index is 12.8. The van der Waals surface area contributed by atoms with E-state index in [1.807, 2.05) is 18.9 Å². The minimum atomic E-state index is -4.06. The van der Waals surface area contributed by atoms with Gasteiger partial charge in [0.05, 0.1) is 5.69 Å². The zero-order valence-electron chi connectivity index (χ0n) is 17.8. The molecule has 8 nitrogen and oxygen atoms in total. The number of benzene rings is 1. The summed E-state index contributed by atoms with van der Waals surface area (Å²) in [5, 5.41) is 6.81. The van der Waals surface area contributed by atoms with E-state index in [9.17, 15) is 13.2 Å². The number of sulfonamides is 1. The van der Waals surface area contributed by atoms with Crippen molar-refractivity contribution in [2.75, 3.05) is 18.9 Å². The van der Waals surface area contributed by atoms with Crippen LogP contribution in [0.4, 0.5) is 10.5 Å². The fourth-order valence-corrected chi connectivity index (χ4v) is 5.35. The van der Waals surface area contributed by atoms with Crippen molar-refractivity contribution < 1.29 is 13.2 Å². The quantitative estimate of drug-likeness (QED) is 0.732.